The molecule has 0 heterocycles. The Balaban J connectivity index is 2.17. The summed E-state index contributed by atoms with van der Waals surface area (Å²) in [6.07, 6.45) is 0.964. The summed E-state index contributed by atoms with van der Waals surface area (Å²) in [5, 5.41) is 0. The fourth-order valence-electron chi connectivity index (χ4n) is 3.42. The number of hydrogen-bond donors (Lipinski definition) is 1. The maximum absolute atomic E-state index is 12.9. The van der Waals surface area contributed by atoms with Gasteiger partial charge in [-0.1, -0.05) is 52.8 Å². The molecule has 0 radical (unpaired) electrons. The maximum Gasteiger partial charge on any atom is 0.227 e. The zero-order valence-corrected chi connectivity index (χ0v) is 13.9. The van der Waals surface area contributed by atoms with Gasteiger partial charge in [0, 0.05) is 24.7 Å². The van der Waals surface area contributed by atoms with Gasteiger partial charge in [0.25, 0.3) is 0 Å². The van der Waals surface area contributed by atoms with E-state index in [1.807, 2.05) is 29.2 Å². The fraction of sp³-hybridized carbons (Fsp3) is 0.611. The molecule has 1 saturated carbocycles. The van der Waals surface area contributed by atoms with Crippen LogP contribution in [0.4, 0.5) is 5.69 Å². The molecule has 0 bridgehead atoms. The van der Waals surface area contributed by atoms with Crippen LogP contribution in [-0.2, 0) is 11.3 Å². The van der Waals surface area contributed by atoms with Crippen LogP contribution in [0.2, 0.25) is 0 Å². The number of amides is 1. The van der Waals surface area contributed by atoms with Crippen molar-refractivity contribution < 1.29 is 4.79 Å². The molecule has 3 heteroatoms. The third-order valence-electron chi connectivity index (χ3n) is 5.49. The van der Waals surface area contributed by atoms with E-state index in [4.69, 9.17) is 5.73 Å². The minimum Gasteiger partial charge on any atom is -0.398 e. The lowest BCUT2D eigenvalue weighted by Crippen LogP contribution is -2.34. The molecule has 1 aromatic carbocycles. The van der Waals surface area contributed by atoms with Gasteiger partial charge in [0.2, 0.25) is 5.91 Å². The summed E-state index contributed by atoms with van der Waals surface area (Å²) >= 11 is 0. The Morgan fingerprint density at radius 3 is 2.24 bits per heavy atom. The van der Waals surface area contributed by atoms with Gasteiger partial charge in [0.15, 0.2) is 0 Å². The number of hydrogen-bond acceptors (Lipinski definition) is 2. The minimum absolute atomic E-state index is 0.0817. The molecule has 1 amide bonds. The van der Waals surface area contributed by atoms with Crippen molar-refractivity contribution in [1.29, 1.82) is 0 Å². The number of carbonyl (C=O) groups is 1. The van der Waals surface area contributed by atoms with E-state index in [9.17, 15) is 4.79 Å². The van der Waals surface area contributed by atoms with Crippen molar-refractivity contribution in [2.24, 2.45) is 16.7 Å². The first-order valence-corrected chi connectivity index (χ1v) is 7.85. The van der Waals surface area contributed by atoms with Gasteiger partial charge in [-0.05, 0) is 28.9 Å². The molecule has 2 N–H and O–H groups in total. The SMILES string of the molecule is CCCN(Cc1ccccc1N)C(=O)C1C(C)(C)C1(C)C. The quantitative estimate of drug-likeness (QED) is 0.840. The van der Waals surface area contributed by atoms with Gasteiger partial charge in [-0.3, -0.25) is 4.79 Å². The molecule has 0 aromatic heterocycles. The smallest absolute Gasteiger partial charge is 0.227 e. The highest BCUT2D eigenvalue weighted by atomic mass is 16.2. The molecule has 0 unspecified atom stereocenters. The van der Waals surface area contributed by atoms with E-state index < -0.39 is 0 Å². The highest BCUT2D eigenvalue weighted by Crippen LogP contribution is 2.68. The van der Waals surface area contributed by atoms with E-state index in [2.05, 4.69) is 34.6 Å². The van der Waals surface area contributed by atoms with Gasteiger partial charge in [0.05, 0.1) is 0 Å². The molecule has 1 aliphatic carbocycles. The standard InChI is InChI=1S/C18H28N2O/c1-6-11-20(12-13-9-7-8-10-14(13)19)16(21)15-17(2,3)18(15,4)5/h7-10,15H,6,11-12,19H2,1-5H3. The summed E-state index contributed by atoms with van der Waals surface area (Å²) in [6, 6.07) is 7.81. The Morgan fingerprint density at radius 1 is 1.19 bits per heavy atom. The van der Waals surface area contributed by atoms with Gasteiger partial charge in [-0.15, -0.1) is 0 Å². The molecule has 1 aliphatic rings. The van der Waals surface area contributed by atoms with Crippen LogP contribution in [-0.4, -0.2) is 17.4 Å². The summed E-state index contributed by atoms with van der Waals surface area (Å²) in [7, 11) is 0. The molecule has 0 atom stereocenters. The first-order valence-electron chi connectivity index (χ1n) is 7.85. The van der Waals surface area contributed by atoms with Gasteiger partial charge in [-0.2, -0.15) is 0 Å². The molecule has 2 rings (SSSR count). The lowest BCUT2D eigenvalue weighted by atomic mass is 10.0. The third-order valence-corrected chi connectivity index (χ3v) is 5.49. The van der Waals surface area contributed by atoms with Crippen molar-refractivity contribution >= 4 is 11.6 Å². The number of nitrogens with two attached hydrogens (primary N) is 1. The van der Waals surface area contributed by atoms with Crippen molar-refractivity contribution in [3.05, 3.63) is 29.8 Å². The Hall–Kier alpha value is -1.51. The molecule has 116 valence electrons. The van der Waals surface area contributed by atoms with Crippen molar-refractivity contribution in [3.8, 4) is 0 Å². The topological polar surface area (TPSA) is 46.3 Å². The summed E-state index contributed by atoms with van der Waals surface area (Å²) in [5.74, 6) is 0.386. The number of benzene rings is 1. The first kappa shape index (κ1) is 15.9. The number of rotatable bonds is 5. The second-order valence-electron chi connectivity index (χ2n) is 7.33. The van der Waals surface area contributed by atoms with Crippen LogP contribution in [0.5, 0.6) is 0 Å². The summed E-state index contributed by atoms with van der Waals surface area (Å²) in [4.78, 5) is 14.9. The van der Waals surface area contributed by atoms with Gasteiger partial charge >= 0.3 is 0 Å². The highest BCUT2D eigenvalue weighted by Gasteiger charge is 2.68. The lowest BCUT2D eigenvalue weighted by molar-refractivity contribution is -0.134. The van der Waals surface area contributed by atoms with E-state index in [0.29, 0.717) is 6.54 Å². The number of carbonyl (C=O) groups excluding carboxylic acids is 1. The van der Waals surface area contributed by atoms with Crippen molar-refractivity contribution in [2.75, 3.05) is 12.3 Å². The summed E-state index contributed by atoms with van der Waals surface area (Å²) < 4.78 is 0. The predicted octanol–water partition coefficient (Wildman–Crippen LogP) is 3.69. The van der Waals surface area contributed by atoms with Crippen LogP contribution in [0.25, 0.3) is 0 Å². The normalized spacial score (nSPS) is 19.3. The van der Waals surface area contributed by atoms with Crippen LogP contribution in [0.1, 0.15) is 46.6 Å². The number of anilines is 1. The van der Waals surface area contributed by atoms with Crippen LogP contribution in [0.3, 0.4) is 0 Å². The van der Waals surface area contributed by atoms with Crippen molar-refractivity contribution in [1.82, 2.24) is 4.90 Å². The minimum atomic E-state index is 0.0817. The zero-order chi connectivity index (χ0) is 15.8. The highest BCUT2D eigenvalue weighted by molar-refractivity contribution is 5.84. The van der Waals surface area contributed by atoms with E-state index in [1.165, 1.54) is 0 Å². The van der Waals surface area contributed by atoms with Crippen molar-refractivity contribution in [3.63, 3.8) is 0 Å². The Morgan fingerprint density at radius 2 is 1.76 bits per heavy atom. The number of para-hydroxylation sites is 1. The largest absolute Gasteiger partial charge is 0.398 e. The van der Waals surface area contributed by atoms with E-state index in [-0.39, 0.29) is 22.7 Å². The second-order valence-corrected chi connectivity index (χ2v) is 7.33. The van der Waals surface area contributed by atoms with E-state index in [1.54, 1.807) is 0 Å². The Bertz CT molecular complexity index is 520. The monoisotopic (exact) mass is 288 g/mol. The summed E-state index contributed by atoms with van der Waals surface area (Å²) in [5.41, 5.74) is 7.99. The van der Waals surface area contributed by atoms with E-state index >= 15 is 0 Å². The first-order chi connectivity index (χ1) is 9.73. The molecular formula is C18H28N2O. The van der Waals surface area contributed by atoms with Crippen LogP contribution in [0, 0.1) is 16.7 Å². The van der Waals surface area contributed by atoms with Gasteiger partial charge in [-0.25, -0.2) is 0 Å². The molecule has 1 fully saturated rings. The molecule has 1 aromatic rings. The number of nitrogens with zero attached hydrogens (tertiary/aromatic N) is 1. The molecule has 21 heavy (non-hydrogen) atoms. The molecular weight excluding hydrogens is 260 g/mol. The van der Waals surface area contributed by atoms with E-state index in [0.717, 1.165) is 24.2 Å². The molecule has 3 nitrogen and oxygen atoms in total. The zero-order valence-electron chi connectivity index (χ0n) is 13.9. The number of nitrogen functional groups attached to an aromatic ring is 1. The lowest BCUT2D eigenvalue weighted by Gasteiger charge is -2.24. The van der Waals surface area contributed by atoms with Crippen LogP contribution in [0.15, 0.2) is 24.3 Å². The van der Waals surface area contributed by atoms with Gasteiger partial charge < -0.3 is 10.6 Å². The second kappa shape index (κ2) is 5.36. The molecule has 0 aliphatic heterocycles. The van der Waals surface area contributed by atoms with Crippen LogP contribution < -0.4 is 5.73 Å². The Labute approximate surface area is 128 Å². The average molecular weight is 288 g/mol. The van der Waals surface area contributed by atoms with Gasteiger partial charge in [0.1, 0.15) is 0 Å². The molecule has 0 saturated heterocycles. The predicted molar refractivity (Wildman–Crippen MR) is 87.6 cm³/mol. The maximum atomic E-state index is 12.9. The molecule has 0 spiro atoms. The fourth-order valence-corrected chi connectivity index (χ4v) is 3.42. The third kappa shape index (κ3) is 2.66. The summed E-state index contributed by atoms with van der Waals surface area (Å²) in [6.45, 7) is 12.3. The average Bonchev–Trinajstić information content (AvgIpc) is 2.81. The Kier molecular flexibility index (Phi) is 4.05. The van der Waals surface area contributed by atoms with Crippen molar-refractivity contribution in [2.45, 2.75) is 47.6 Å². The van der Waals surface area contributed by atoms with Crippen LogP contribution >= 0.6 is 0 Å².